The average Bonchev–Trinajstić information content (AvgIpc) is 2.65. The van der Waals surface area contributed by atoms with Gasteiger partial charge in [0.15, 0.2) is 0 Å². The molecule has 1 aliphatic carbocycles. The number of halogens is 5. The number of nitrogens with two attached hydrogens (primary N) is 1. The number of hydrogen-bond acceptors (Lipinski definition) is 2. The van der Waals surface area contributed by atoms with E-state index >= 15 is 0 Å². The lowest BCUT2D eigenvalue weighted by Gasteiger charge is -2.15. The summed E-state index contributed by atoms with van der Waals surface area (Å²) in [6, 6.07) is 4.29. The molecule has 0 aliphatic heterocycles. The smallest absolute Gasteiger partial charge is 0.396 e. The molecule has 154 valence electrons. The number of pyridine rings is 1. The summed E-state index contributed by atoms with van der Waals surface area (Å²) in [7, 11) is 0. The highest BCUT2D eigenvalue weighted by atomic mass is 19.4. The van der Waals surface area contributed by atoms with Gasteiger partial charge in [0.25, 0.3) is 0 Å². The van der Waals surface area contributed by atoms with E-state index in [0.717, 1.165) is 6.07 Å². The third-order valence-electron chi connectivity index (χ3n) is 4.69. The number of hydrogen-bond donors (Lipinski definition) is 1. The van der Waals surface area contributed by atoms with Crippen molar-refractivity contribution in [1.82, 2.24) is 4.57 Å². The Bertz CT molecular complexity index is 1030. The molecule has 0 saturated heterocycles. The molecule has 1 aromatic heterocycles. The van der Waals surface area contributed by atoms with Crippen molar-refractivity contribution >= 4 is 5.69 Å². The Morgan fingerprint density at radius 2 is 1.97 bits per heavy atom. The average molecular weight is 409 g/mol. The standard InChI is InChI=1S/C21H20F5N3/c1-13(15-6-2-3-8-17(15)22)28-19-9-10-29(12-18(19)27)11-14-5-4-7-16(20(14)23)21(24,25)26/h2,4-7,9-10,12-13H,3,8,11,27H2,1H3. The summed E-state index contributed by atoms with van der Waals surface area (Å²) >= 11 is 0. The minimum Gasteiger partial charge on any atom is -0.396 e. The Balaban J connectivity index is 1.87. The van der Waals surface area contributed by atoms with Crippen molar-refractivity contribution in [3.63, 3.8) is 0 Å². The molecule has 0 spiro atoms. The van der Waals surface area contributed by atoms with Gasteiger partial charge in [0.1, 0.15) is 11.6 Å². The largest absolute Gasteiger partial charge is 0.419 e. The van der Waals surface area contributed by atoms with Crippen LogP contribution in [0.25, 0.3) is 0 Å². The summed E-state index contributed by atoms with van der Waals surface area (Å²) in [6.07, 6.45) is 2.84. The van der Waals surface area contributed by atoms with Crippen LogP contribution < -0.4 is 11.1 Å². The van der Waals surface area contributed by atoms with Gasteiger partial charge in [0.05, 0.1) is 22.6 Å². The van der Waals surface area contributed by atoms with Gasteiger partial charge in [-0.2, -0.15) is 13.2 Å². The Kier molecular flexibility index (Phi) is 5.91. The molecule has 3 rings (SSSR count). The van der Waals surface area contributed by atoms with E-state index in [9.17, 15) is 22.0 Å². The molecule has 8 heteroatoms. The van der Waals surface area contributed by atoms with Gasteiger partial charge in [-0.1, -0.05) is 24.3 Å². The van der Waals surface area contributed by atoms with Crippen LogP contribution >= 0.6 is 0 Å². The number of rotatable bonds is 4. The molecule has 1 unspecified atom stereocenters. The zero-order valence-corrected chi connectivity index (χ0v) is 15.7. The zero-order valence-electron chi connectivity index (χ0n) is 15.7. The van der Waals surface area contributed by atoms with Crippen LogP contribution in [-0.2, 0) is 12.7 Å². The second kappa shape index (κ2) is 8.23. The molecule has 29 heavy (non-hydrogen) atoms. The Morgan fingerprint density at radius 1 is 1.21 bits per heavy atom. The van der Waals surface area contributed by atoms with E-state index in [0.29, 0.717) is 29.8 Å². The first-order valence-corrected chi connectivity index (χ1v) is 9.06. The summed E-state index contributed by atoms with van der Waals surface area (Å²) in [5.74, 6) is -1.51. The van der Waals surface area contributed by atoms with Crippen molar-refractivity contribution in [2.24, 2.45) is 4.99 Å². The topological polar surface area (TPSA) is 43.3 Å². The third-order valence-corrected chi connectivity index (χ3v) is 4.69. The maximum absolute atomic E-state index is 14.2. The van der Waals surface area contributed by atoms with Gasteiger partial charge in [0, 0.05) is 36.5 Å². The quantitative estimate of drug-likeness (QED) is 0.699. The third kappa shape index (κ3) is 4.75. The van der Waals surface area contributed by atoms with Gasteiger partial charge < -0.3 is 10.3 Å². The van der Waals surface area contributed by atoms with Crippen LogP contribution in [-0.4, -0.2) is 10.6 Å². The monoisotopic (exact) mass is 409 g/mol. The van der Waals surface area contributed by atoms with Crippen LogP contribution in [0.4, 0.5) is 27.6 Å². The fourth-order valence-corrected chi connectivity index (χ4v) is 3.18. The predicted octanol–water partition coefficient (Wildman–Crippen LogP) is 5.14. The van der Waals surface area contributed by atoms with Crippen molar-refractivity contribution in [2.45, 2.75) is 38.5 Å². The first kappa shape index (κ1) is 20.8. The molecule has 3 nitrogen and oxygen atoms in total. The van der Waals surface area contributed by atoms with Crippen LogP contribution in [0.5, 0.6) is 0 Å². The molecule has 1 aliphatic rings. The highest BCUT2D eigenvalue weighted by Crippen LogP contribution is 2.32. The molecule has 0 amide bonds. The van der Waals surface area contributed by atoms with Crippen LogP contribution in [0.2, 0.25) is 0 Å². The maximum Gasteiger partial charge on any atom is 0.419 e. The van der Waals surface area contributed by atoms with E-state index in [1.807, 2.05) is 6.08 Å². The molecule has 2 N–H and O–H groups in total. The molecule has 1 aromatic carbocycles. The molecule has 1 atom stereocenters. The van der Waals surface area contributed by atoms with E-state index < -0.39 is 23.6 Å². The van der Waals surface area contributed by atoms with Crippen molar-refractivity contribution in [3.05, 3.63) is 82.5 Å². The number of allylic oxidation sites excluding steroid dienone is 2. The lowest BCUT2D eigenvalue weighted by molar-refractivity contribution is -0.140. The summed E-state index contributed by atoms with van der Waals surface area (Å²) < 4.78 is 68.3. The van der Waals surface area contributed by atoms with Gasteiger partial charge >= 0.3 is 6.18 Å². The zero-order chi connectivity index (χ0) is 21.2. The van der Waals surface area contributed by atoms with E-state index in [4.69, 9.17) is 5.73 Å². The van der Waals surface area contributed by atoms with Crippen molar-refractivity contribution in [3.8, 4) is 0 Å². The number of benzene rings is 1. The van der Waals surface area contributed by atoms with Gasteiger partial charge in [-0.3, -0.25) is 4.99 Å². The van der Waals surface area contributed by atoms with Crippen molar-refractivity contribution < 1.29 is 22.0 Å². The number of nitrogen functional groups attached to an aromatic ring is 1. The fraction of sp³-hybridized carbons (Fsp3) is 0.286. The number of anilines is 1. The maximum atomic E-state index is 14.2. The second-order valence-electron chi connectivity index (χ2n) is 6.84. The Morgan fingerprint density at radius 3 is 2.62 bits per heavy atom. The van der Waals surface area contributed by atoms with Gasteiger partial charge in [-0.15, -0.1) is 0 Å². The van der Waals surface area contributed by atoms with Crippen LogP contribution in [0.1, 0.15) is 30.9 Å². The first-order chi connectivity index (χ1) is 13.7. The lowest BCUT2D eigenvalue weighted by Crippen LogP contribution is -2.18. The molecular formula is C21H20F5N3. The highest BCUT2D eigenvalue weighted by molar-refractivity contribution is 5.36. The van der Waals surface area contributed by atoms with Crippen LogP contribution in [0.15, 0.2) is 65.2 Å². The SMILES string of the molecule is CC(N=c1ccn(Cc2cccc(C(F)(F)F)c2F)cc1N)C1=C(F)CCC=C1. The molecular weight excluding hydrogens is 389 g/mol. The molecule has 0 fully saturated rings. The molecule has 0 saturated carbocycles. The summed E-state index contributed by atoms with van der Waals surface area (Å²) in [5, 5.41) is 0.428. The minimum absolute atomic E-state index is 0.109. The summed E-state index contributed by atoms with van der Waals surface area (Å²) in [6.45, 7) is 1.63. The van der Waals surface area contributed by atoms with Gasteiger partial charge in [0.2, 0.25) is 0 Å². The molecule has 0 radical (unpaired) electrons. The minimum atomic E-state index is -4.76. The highest BCUT2D eigenvalue weighted by Gasteiger charge is 2.34. The molecule has 0 bridgehead atoms. The van der Waals surface area contributed by atoms with Crippen LogP contribution in [0, 0.1) is 5.82 Å². The van der Waals surface area contributed by atoms with E-state index in [-0.39, 0.29) is 23.6 Å². The Hall–Kier alpha value is -2.90. The van der Waals surface area contributed by atoms with E-state index in [1.54, 1.807) is 25.3 Å². The predicted molar refractivity (Wildman–Crippen MR) is 101 cm³/mol. The summed E-state index contributed by atoms with van der Waals surface area (Å²) in [5.41, 5.74) is 5.35. The van der Waals surface area contributed by atoms with Crippen molar-refractivity contribution in [2.75, 3.05) is 5.73 Å². The number of alkyl halides is 3. The van der Waals surface area contributed by atoms with Gasteiger partial charge in [-0.05, 0) is 25.5 Å². The van der Waals surface area contributed by atoms with Gasteiger partial charge in [-0.25, -0.2) is 8.78 Å². The normalized spacial score (nSPS) is 16.4. The lowest BCUT2D eigenvalue weighted by atomic mass is 10.0. The van der Waals surface area contributed by atoms with E-state index in [2.05, 4.69) is 4.99 Å². The van der Waals surface area contributed by atoms with Crippen LogP contribution in [0.3, 0.4) is 0 Å². The number of aromatic nitrogens is 1. The molecule has 2 aromatic rings. The fourth-order valence-electron chi connectivity index (χ4n) is 3.18. The second-order valence-corrected chi connectivity index (χ2v) is 6.84. The van der Waals surface area contributed by atoms with Crippen molar-refractivity contribution in [1.29, 1.82) is 0 Å². The molecule has 1 heterocycles. The summed E-state index contributed by atoms with van der Waals surface area (Å²) in [4.78, 5) is 4.43. The Labute approximate surface area is 164 Å². The number of nitrogens with zero attached hydrogens (tertiary/aromatic N) is 2. The van der Waals surface area contributed by atoms with E-state index in [1.165, 1.54) is 16.8 Å². The first-order valence-electron chi connectivity index (χ1n) is 9.06.